The van der Waals surface area contributed by atoms with Crippen LogP contribution < -0.4 is 5.32 Å². The van der Waals surface area contributed by atoms with Crippen LogP contribution in [0.15, 0.2) is 30.3 Å². The second-order valence-corrected chi connectivity index (χ2v) is 4.49. The van der Waals surface area contributed by atoms with Gasteiger partial charge >= 0.3 is 0 Å². The Kier molecular flexibility index (Phi) is 6.38. The minimum atomic E-state index is 0.0422. The molecule has 0 heterocycles. The van der Waals surface area contributed by atoms with Crippen molar-refractivity contribution in [2.24, 2.45) is 5.92 Å². The first-order valence-corrected chi connectivity index (χ1v) is 6.61. The van der Waals surface area contributed by atoms with Gasteiger partial charge in [0.15, 0.2) is 0 Å². The van der Waals surface area contributed by atoms with Gasteiger partial charge in [0, 0.05) is 12.1 Å². The molecular weight excluding hydrogens is 210 g/mol. The summed E-state index contributed by atoms with van der Waals surface area (Å²) < 4.78 is 0. The molecule has 1 aromatic rings. The van der Waals surface area contributed by atoms with Crippen molar-refractivity contribution in [3.8, 4) is 0 Å². The van der Waals surface area contributed by atoms with E-state index in [1.807, 2.05) is 30.3 Å². The average Bonchev–Trinajstić information content (AvgIpc) is 2.39. The normalized spacial score (nSPS) is 12.1. The Morgan fingerprint density at radius 1 is 1.24 bits per heavy atom. The summed E-state index contributed by atoms with van der Waals surface area (Å²) in [5, 5.41) is 3.02. The van der Waals surface area contributed by atoms with E-state index < -0.39 is 0 Å². The van der Waals surface area contributed by atoms with Crippen LogP contribution in [0, 0.1) is 5.92 Å². The molecule has 0 saturated heterocycles. The van der Waals surface area contributed by atoms with Gasteiger partial charge in [0.2, 0.25) is 0 Å². The lowest BCUT2D eigenvalue weighted by molar-refractivity contribution is 0.0946. The predicted molar refractivity (Wildman–Crippen MR) is 72.1 cm³/mol. The predicted octanol–water partition coefficient (Wildman–Crippen LogP) is 3.63. The summed E-state index contributed by atoms with van der Waals surface area (Å²) in [7, 11) is 0. The molecule has 0 aliphatic carbocycles. The lowest BCUT2D eigenvalue weighted by Gasteiger charge is -2.15. The fourth-order valence-corrected chi connectivity index (χ4v) is 1.87. The van der Waals surface area contributed by atoms with Crippen molar-refractivity contribution in [1.82, 2.24) is 5.32 Å². The summed E-state index contributed by atoms with van der Waals surface area (Å²) in [4.78, 5) is 11.8. The Morgan fingerprint density at radius 3 is 2.53 bits per heavy atom. The van der Waals surface area contributed by atoms with E-state index in [0.29, 0.717) is 5.92 Å². The molecule has 0 aliphatic rings. The van der Waals surface area contributed by atoms with E-state index in [-0.39, 0.29) is 5.91 Å². The molecule has 1 atom stereocenters. The molecule has 0 aromatic heterocycles. The molecule has 17 heavy (non-hydrogen) atoms. The number of rotatable bonds is 7. The van der Waals surface area contributed by atoms with Gasteiger partial charge in [0.05, 0.1) is 0 Å². The highest BCUT2D eigenvalue weighted by Crippen LogP contribution is 2.11. The molecule has 0 spiro atoms. The van der Waals surface area contributed by atoms with Gasteiger partial charge < -0.3 is 5.32 Å². The quantitative estimate of drug-likeness (QED) is 0.765. The van der Waals surface area contributed by atoms with Crippen molar-refractivity contribution in [3.63, 3.8) is 0 Å². The number of nitrogens with one attached hydrogen (secondary N) is 1. The van der Waals surface area contributed by atoms with Crippen LogP contribution in [-0.4, -0.2) is 12.5 Å². The molecule has 1 unspecified atom stereocenters. The Bertz CT molecular complexity index is 321. The molecule has 94 valence electrons. The van der Waals surface area contributed by atoms with E-state index in [4.69, 9.17) is 0 Å². The van der Waals surface area contributed by atoms with Crippen LogP contribution in [0.1, 0.15) is 49.9 Å². The third kappa shape index (κ3) is 5.03. The first kappa shape index (κ1) is 13.8. The molecule has 0 aliphatic heterocycles. The number of hydrogen-bond acceptors (Lipinski definition) is 1. The molecular formula is C15H23NO. The van der Waals surface area contributed by atoms with Crippen molar-refractivity contribution in [2.75, 3.05) is 6.54 Å². The summed E-state index contributed by atoms with van der Waals surface area (Å²) in [6.07, 6.45) is 4.82. The Labute approximate surface area is 104 Å². The van der Waals surface area contributed by atoms with Crippen molar-refractivity contribution in [3.05, 3.63) is 35.9 Å². The number of unbranched alkanes of at least 4 members (excludes halogenated alkanes) is 1. The number of carbonyl (C=O) groups excluding carboxylic acids is 1. The molecule has 0 saturated carbocycles. The van der Waals surface area contributed by atoms with Gasteiger partial charge in [0.25, 0.3) is 5.91 Å². The highest BCUT2D eigenvalue weighted by molar-refractivity contribution is 5.94. The van der Waals surface area contributed by atoms with Crippen LogP contribution in [0.5, 0.6) is 0 Å². The fourth-order valence-electron chi connectivity index (χ4n) is 1.87. The van der Waals surface area contributed by atoms with Crippen molar-refractivity contribution in [2.45, 2.75) is 39.5 Å². The Balaban J connectivity index is 2.36. The van der Waals surface area contributed by atoms with Gasteiger partial charge in [-0.2, -0.15) is 0 Å². The Hall–Kier alpha value is -1.31. The third-order valence-electron chi connectivity index (χ3n) is 3.13. The average molecular weight is 233 g/mol. The van der Waals surface area contributed by atoms with E-state index in [0.717, 1.165) is 18.5 Å². The van der Waals surface area contributed by atoms with Crippen molar-refractivity contribution in [1.29, 1.82) is 0 Å². The van der Waals surface area contributed by atoms with E-state index in [9.17, 15) is 4.79 Å². The van der Waals surface area contributed by atoms with Gasteiger partial charge in [-0.3, -0.25) is 4.79 Å². The molecule has 0 fully saturated rings. The molecule has 0 bridgehead atoms. The summed E-state index contributed by atoms with van der Waals surface area (Å²) in [5.74, 6) is 0.656. The summed E-state index contributed by atoms with van der Waals surface area (Å²) >= 11 is 0. The second kappa shape index (κ2) is 7.88. The van der Waals surface area contributed by atoms with Crippen LogP contribution >= 0.6 is 0 Å². The zero-order chi connectivity index (χ0) is 12.5. The maximum absolute atomic E-state index is 11.8. The summed E-state index contributed by atoms with van der Waals surface area (Å²) in [5.41, 5.74) is 0.748. The van der Waals surface area contributed by atoms with E-state index in [2.05, 4.69) is 19.2 Å². The van der Waals surface area contributed by atoms with Crippen molar-refractivity contribution >= 4 is 5.91 Å². The number of hydrogen-bond donors (Lipinski definition) is 1. The van der Waals surface area contributed by atoms with Crippen LogP contribution in [0.4, 0.5) is 0 Å². The second-order valence-electron chi connectivity index (χ2n) is 4.49. The largest absolute Gasteiger partial charge is 0.352 e. The van der Waals surface area contributed by atoms with Gasteiger partial charge in [-0.05, 0) is 24.5 Å². The molecule has 1 aromatic carbocycles. The fraction of sp³-hybridized carbons (Fsp3) is 0.533. The molecule has 2 heteroatoms. The minimum Gasteiger partial charge on any atom is -0.352 e. The van der Waals surface area contributed by atoms with E-state index >= 15 is 0 Å². The highest BCUT2D eigenvalue weighted by atomic mass is 16.1. The SMILES string of the molecule is CCCCC(CC)CNC(=O)c1ccccc1. The van der Waals surface area contributed by atoms with Crippen LogP contribution in [0.25, 0.3) is 0 Å². The maximum Gasteiger partial charge on any atom is 0.251 e. The third-order valence-corrected chi connectivity index (χ3v) is 3.13. The smallest absolute Gasteiger partial charge is 0.251 e. The maximum atomic E-state index is 11.8. The van der Waals surface area contributed by atoms with E-state index in [1.54, 1.807) is 0 Å². The zero-order valence-corrected chi connectivity index (χ0v) is 10.9. The Morgan fingerprint density at radius 2 is 1.94 bits per heavy atom. The van der Waals surface area contributed by atoms with Gasteiger partial charge in [-0.1, -0.05) is 51.3 Å². The standard InChI is InChI=1S/C15H23NO/c1-3-5-9-13(4-2)12-16-15(17)14-10-7-6-8-11-14/h6-8,10-11,13H,3-5,9,12H2,1-2H3,(H,16,17). The number of benzene rings is 1. The summed E-state index contributed by atoms with van der Waals surface area (Å²) in [6, 6.07) is 9.41. The molecule has 1 amide bonds. The van der Waals surface area contributed by atoms with Crippen LogP contribution in [0.3, 0.4) is 0 Å². The van der Waals surface area contributed by atoms with Crippen LogP contribution in [0.2, 0.25) is 0 Å². The minimum absolute atomic E-state index is 0.0422. The number of carbonyl (C=O) groups is 1. The number of amides is 1. The molecule has 1 N–H and O–H groups in total. The monoisotopic (exact) mass is 233 g/mol. The molecule has 0 radical (unpaired) electrons. The lowest BCUT2D eigenvalue weighted by atomic mass is 9.99. The zero-order valence-electron chi connectivity index (χ0n) is 10.9. The van der Waals surface area contributed by atoms with Gasteiger partial charge in [-0.25, -0.2) is 0 Å². The lowest BCUT2D eigenvalue weighted by Crippen LogP contribution is -2.29. The van der Waals surface area contributed by atoms with E-state index in [1.165, 1.54) is 19.3 Å². The van der Waals surface area contributed by atoms with Gasteiger partial charge in [0.1, 0.15) is 0 Å². The van der Waals surface area contributed by atoms with Crippen LogP contribution in [-0.2, 0) is 0 Å². The topological polar surface area (TPSA) is 29.1 Å². The van der Waals surface area contributed by atoms with Gasteiger partial charge in [-0.15, -0.1) is 0 Å². The van der Waals surface area contributed by atoms with Crippen molar-refractivity contribution < 1.29 is 4.79 Å². The highest BCUT2D eigenvalue weighted by Gasteiger charge is 2.09. The first-order chi connectivity index (χ1) is 8.27. The molecule has 1 rings (SSSR count). The first-order valence-electron chi connectivity index (χ1n) is 6.61. The summed E-state index contributed by atoms with van der Waals surface area (Å²) in [6.45, 7) is 5.19. The molecule has 2 nitrogen and oxygen atoms in total.